The zero-order valence-corrected chi connectivity index (χ0v) is 10.7. The number of rotatable bonds is 5. The molecule has 1 N–H and O–H groups in total. The van der Waals surface area contributed by atoms with Crippen LogP contribution in [0.15, 0.2) is 48.5 Å². The Kier molecular flexibility index (Phi) is 4.31. The average Bonchev–Trinajstić information content (AvgIpc) is 2.45. The summed E-state index contributed by atoms with van der Waals surface area (Å²) in [5.41, 5.74) is 2.59. The topological polar surface area (TPSA) is 46.5 Å². The van der Waals surface area contributed by atoms with E-state index in [1.807, 2.05) is 42.5 Å². The van der Waals surface area contributed by atoms with Gasteiger partial charge in [-0.2, -0.15) is 0 Å². The van der Waals surface area contributed by atoms with Crippen LogP contribution in [0, 0.1) is 0 Å². The number of aliphatic hydroxyl groups is 1. The van der Waals surface area contributed by atoms with Gasteiger partial charge in [-0.15, -0.1) is 0 Å². The van der Waals surface area contributed by atoms with Gasteiger partial charge in [-0.25, -0.2) is 0 Å². The van der Waals surface area contributed by atoms with E-state index in [4.69, 9.17) is 4.74 Å². The van der Waals surface area contributed by atoms with Gasteiger partial charge in [-0.3, -0.25) is 4.79 Å². The van der Waals surface area contributed by atoms with E-state index >= 15 is 0 Å². The van der Waals surface area contributed by atoms with E-state index in [9.17, 15) is 9.90 Å². The molecule has 1 atom stereocenters. The summed E-state index contributed by atoms with van der Waals surface area (Å²) in [7, 11) is 0. The largest absolute Gasteiger partial charge is 0.491 e. The molecule has 0 saturated heterocycles. The van der Waals surface area contributed by atoms with E-state index in [-0.39, 0.29) is 6.61 Å². The summed E-state index contributed by atoms with van der Waals surface area (Å²) in [6.07, 6.45) is 0.333. The molecule has 3 heteroatoms. The molecule has 0 heterocycles. The summed E-state index contributed by atoms with van der Waals surface area (Å²) in [6, 6.07) is 15.0. The summed E-state index contributed by atoms with van der Waals surface area (Å²) in [5, 5.41) is 9.20. The highest BCUT2D eigenvalue weighted by Gasteiger charge is 2.02. The summed E-state index contributed by atoms with van der Waals surface area (Å²) < 4.78 is 5.47. The fourth-order valence-corrected chi connectivity index (χ4v) is 1.77. The van der Waals surface area contributed by atoms with Gasteiger partial charge in [0.1, 0.15) is 18.6 Å². The second kappa shape index (κ2) is 6.16. The predicted molar refractivity (Wildman–Crippen MR) is 74.4 cm³/mol. The van der Waals surface area contributed by atoms with Crippen LogP contribution in [0.5, 0.6) is 5.75 Å². The van der Waals surface area contributed by atoms with Crippen molar-refractivity contribution in [2.45, 2.75) is 13.0 Å². The quantitative estimate of drug-likeness (QED) is 0.837. The average molecular weight is 256 g/mol. The lowest BCUT2D eigenvalue weighted by molar-refractivity contribution is 0.112. The van der Waals surface area contributed by atoms with Crippen molar-refractivity contribution < 1.29 is 14.6 Å². The number of aliphatic hydroxyl groups excluding tert-OH is 1. The Morgan fingerprint density at radius 3 is 2.53 bits per heavy atom. The van der Waals surface area contributed by atoms with Crippen molar-refractivity contribution in [2.75, 3.05) is 6.61 Å². The molecule has 98 valence electrons. The van der Waals surface area contributed by atoms with Crippen molar-refractivity contribution in [3.63, 3.8) is 0 Å². The number of benzene rings is 2. The van der Waals surface area contributed by atoms with Gasteiger partial charge in [-0.05, 0) is 36.2 Å². The van der Waals surface area contributed by atoms with Gasteiger partial charge in [0, 0.05) is 5.56 Å². The summed E-state index contributed by atoms with van der Waals surface area (Å²) >= 11 is 0. The zero-order valence-electron chi connectivity index (χ0n) is 10.7. The molecule has 19 heavy (non-hydrogen) atoms. The number of ether oxygens (including phenoxy) is 1. The molecule has 0 aliphatic carbocycles. The molecule has 0 aliphatic rings. The zero-order chi connectivity index (χ0) is 13.7. The van der Waals surface area contributed by atoms with E-state index in [1.165, 1.54) is 0 Å². The minimum absolute atomic E-state index is 0.262. The Morgan fingerprint density at radius 1 is 1.16 bits per heavy atom. The maximum absolute atomic E-state index is 10.8. The lowest BCUT2D eigenvalue weighted by Gasteiger charge is -2.09. The summed E-state index contributed by atoms with van der Waals surface area (Å²) in [5.74, 6) is 0.704. The van der Waals surface area contributed by atoms with Gasteiger partial charge in [0.25, 0.3) is 0 Å². The molecule has 0 aliphatic heterocycles. The van der Waals surface area contributed by atoms with E-state index in [1.54, 1.807) is 13.0 Å². The first-order chi connectivity index (χ1) is 9.19. The molecule has 0 radical (unpaired) electrons. The van der Waals surface area contributed by atoms with E-state index in [0.29, 0.717) is 11.3 Å². The van der Waals surface area contributed by atoms with Crippen LogP contribution in [0.2, 0.25) is 0 Å². The van der Waals surface area contributed by atoms with Crippen molar-refractivity contribution in [1.29, 1.82) is 0 Å². The Bertz CT molecular complexity index is 561. The Balaban J connectivity index is 2.24. The molecule has 0 bridgehead atoms. The molecular formula is C16H16O3. The Morgan fingerprint density at radius 2 is 1.84 bits per heavy atom. The smallest absolute Gasteiger partial charge is 0.150 e. The molecule has 0 fully saturated rings. The van der Waals surface area contributed by atoms with Gasteiger partial charge in [0.15, 0.2) is 0 Å². The van der Waals surface area contributed by atoms with Crippen LogP contribution >= 0.6 is 0 Å². The van der Waals surface area contributed by atoms with E-state index in [2.05, 4.69) is 0 Å². The number of hydrogen-bond donors (Lipinski definition) is 1. The molecule has 0 spiro atoms. The van der Waals surface area contributed by atoms with Crippen LogP contribution in [-0.4, -0.2) is 24.1 Å². The predicted octanol–water partition coefficient (Wildman–Crippen LogP) is 2.93. The maximum Gasteiger partial charge on any atom is 0.150 e. The third kappa shape index (κ3) is 3.66. The second-order valence-electron chi connectivity index (χ2n) is 4.43. The lowest BCUT2D eigenvalue weighted by atomic mass is 10.0. The van der Waals surface area contributed by atoms with Crippen molar-refractivity contribution in [3.05, 3.63) is 54.1 Å². The van der Waals surface area contributed by atoms with Crippen LogP contribution in [0.4, 0.5) is 0 Å². The number of aldehydes is 1. The molecule has 0 amide bonds. The fraction of sp³-hybridized carbons (Fsp3) is 0.188. The Labute approximate surface area is 112 Å². The van der Waals surface area contributed by atoms with Crippen molar-refractivity contribution in [2.24, 2.45) is 0 Å². The van der Waals surface area contributed by atoms with E-state index in [0.717, 1.165) is 17.4 Å². The summed E-state index contributed by atoms with van der Waals surface area (Å²) in [6.45, 7) is 1.94. The highest BCUT2D eigenvalue weighted by atomic mass is 16.5. The first-order valence-electron chi connectivity index (χ1n) is 6.15. The minimum Gasteiger partial charge on any atom is -0.491 e. The monoisotopic (exact) mass is 256 g/mol. The van der Waals surface area contributed by atoms with Crippen LogP contribution in [0.1, 0.15) is 17.3 Å². The lowest BCUT2D eigenvalue weighted by Crippen LogP contribution is -2.12. The molecule has 2 rings (SSSR count). The Hall–Kier alpha value is -2.13. The normalized spacial score (nSPS) is 11.9. The number of carbonyl (C=O) groups excluding carboxylic acids is 1. The standard InChI is InChI=1S/C16H16O3/c1-12(18)11-19-16-7-3-6-15(9-16)14-5-2-4-13(8-14)10-17/h2-10,12,18H,11H2,1H3. The molecule has 2 aromatic rings. The molecule has 2 aromatic carbocycles. The first kappa shape index (κ1) is 13.3. The van der Waals surface area contributed by atoms with E-state index < -0.39 is 6.10 Å². The van der Waals surface area contributed by atoms with Crippen molar-refractivity contribution >= 4 is 6.29 Å². The highest BCUT2D eigenvalue weighted by molar-refractivity contribution is 5.79. The minimum atomic E-state index is -0.498. The van der Waals surface area contributed by atoms with Crippen LogP contribution in [-0.2, 0) is 0 Å². The fourth-order valence-electron chi connectivity index (χ4n) is 1.77. The van der Waals surface area contributed by atoms with Crippen molar-refractivity contribution in [1.82, 2.24) is 0 Å². The van der Waals surface area contributed by atoms with Crippen LogP contribution in [0.3, 0.4) is 0 Å². The van der Waals surface area contributed by atoms with Gasteiger partial charge < -0.3 is 9.84 Å². The highest BCUT2D eigenvalue weighted by Crippen LogP contribution is 2.24. The number of carbonyl (C=O) groups is 1. The van der Waals surface area contributed by atoms with Crippen LogP contribution < -0.4 is 4.74 Å². The molecule has 0 saturated carbocycles. The SMILES string of the molecule is CC(O)COc1cccc(-c2cccc(C=O)c2)c1. The summed E-state index contributed by atoms with van der Waals surface area (Å²) in [4.78, 5) is 10.8. The van der Waals surface area contributed by atoms with Gasteiger partial charge in [0.05, 0.1) is 6.10 Å². The molecule has 0 aromatic heterocycles. The van der Waals surface area contributed by atoms with Crippen LogP contribution in [0.25, 0.3) is 11.1 Å². The van der Waals surface area contributed by atoms with Gasteiger partial charge >= 0.3 is 0 Å². The third-order valence-electron chi connectivity index (χ3n) is 2.68. The first-order valence-corrected chi connectivity index (χ1v) is 6.15. The molecular weight excluding hydrogens is 240 g/mol. The van der Waals surface area contributed by atoms with Gasteiger partial charge in [0.2, 0.25) is 0 Å². The maximum atomic E-state index is 10.8. The molecule has 3 nitrogen and oxygen atoms in total. The third-order valence-corrected chi connectivity index (χ3v) is 2.68. The number of hydrogen-bond acceptors (Lipinski definition) is 3. The second-order valence-corrected chi connectivity index (χ2v) is 4.43. The molecule has 1 unspecified atom stereocenters. The van der Waals surface area contributed by atoms with Crippen molar-refractivity contribution in [3.8, 4) is 16.9 Å². The van der Waals surface area contributed by atoms with Gasteiger partial charge in [-0.1, -0.05) is 30.3 Å².